The lowest BCUT2D eigenvalue weighted by Crippen LogP contribution is -1.56. The van der Waals surface area contributed by atoms with Crippen LogP contribution in [0.1, 0.15) is 0 Å². The summed E-state index contributed by atoms with van der Waals surface area (Å²) in [5, 5.41) is 25.9. The Labute approximate surface area is 147 Å². The Kier molecular flexibility index (Phi) is 13.4. The molecule has 25 heavy (non-hydrogen) atoms. The summed E-state index contributed by atoms with van der Waals surface area (Å²) >= 11 is 0. The van der Waals surface area contributed by atoms with E-state index in [-0.39, 0.29) is 0 Å². The van der Waals surface area contributed by atoms with Crippen molar-refractivity contribution in [2.24, 2.45) is 0 Å². The van der Waals surface area contributed by atoms with Gasteiger partial charge in [-0.2, -0.15) is 0 Å². The average molecular weight is 364 g/mol. The molecule has 0 fully saturated rings. The smallest absolute Gasteiger partial charge is 0.324 e. The first-order valence-electron chi connectivity index (χ1n) is 7.00. The number of benzene rings is 3. The Hall–Kier alpha value is -2.63. The van der Waals surface area contributed by atoms with E-state index in [4.69, 9.17) is 30.0 Å². The predicted molar refractivity (Wildman–Crippen MR) is 97.9 cm³/mol. The SMILES string of the molecule is OP(O)O.Oc1ccccc1.Oc1ccccc1.Oc1ccccc1. The second-order valence-corrected chi connectivity index (χ2v) is 4.81. The number of hydrogen-bond acceptors (Lipinski definition) is 6. The second-order valence-electron chi connectivity index (χ2n) is 4.27. The van der Waals surface area contributed by atoms with Crippen molar-refractivity contribution in [3.8, 4) is 17.2 Å². The summed E-state index contributed by atoms with van der Waals surface area (Å²) in [6.45, 7) is 0. The topological polar surface area (TPSA) is 121 Å². The standard InChI is InChI=1S/3C6H6O.H3O3P/c3*7-6-4-2-1-3-5-6;1-4(2)3/h3*1-5,7H;1-3H. The van der Waals surface area contributed by atoms with E-state index in [1.165, 1.54) is 0 Å². The maximum absolute atomic E-state index is 8.63. The molecule has 0 heterocycles. The Bertz CT molecular complexity index is 544. The molecule has 0 atom stereocenters. The third-order valence-electron chi connectivity index (χ3n) is 2.27. The molecule has 134 valence electrons. The normalized spacial score (nSPS) is 8.64. The zero-order chi connectivity index (χ0) is 18.9. The number of para-hydroxylation sites is 3. The monoisotopic (exact) mass is 364 g/mol. The van der Waals surface area contributed by atoms with E-state index in [1.54, 1.807) is 72.8 Å². The number of aromatic hydroxyl groups is 3. The fourth-order valence-corrected chi connectivity index (χ4v) is 1.28. The van der Waals surface area contributed by atoms with Crippen LogP contribution in [0.3, 0.4) is 0 Å². The summed E-state index contributed by atoms with van der Waals surface area (Å²) in [7, 11) is -2.62. The molecule has 0 aromatic heterocycles. The van der Waals surface area contributed by atoms with E-state index in [0.29, 0.717) is 17.2 Å². The first-order valence-corrected chi connectivity index (χ1v) is 8.20. The zero-order valence-electron chi connectivity index (χ0n) is 13.3. The molecule has 3 rings (SSSR count). The Morgan fingerprint density at radius 3 is 0.640 bits per heavy atom. The van der Waals surface area contributed by atoms with Gasteiger partial charge in [0.1, 0.15) is 17.2 Å². The van der Waals surface area contributed by atoms with Gasteiger partial charge in [-0.15, -0.1) is 0 Å². The molecule has 0 saturated heterocycles. The van der Waals surface area contributed by atoms with E-state index in [1.807, 2.05) is 18.2 Å². The van der Waals surface area contributed by atoms with Crippen LogP contribution in [0.15, 0.2) is 91.0 Å². The van der Waals surface area contributed by atoms with Crippen molar-refractivity contribution in [1.29, 1.82) is 0 Å². The van der Waals surface area contributed by atoms with Gasteiger partial charge in [0.2, 0.25) is 0 Å². The molecule has 7 heteroatoms. The predicted octanol–water partition coefficient (Wildman–Crippen LogP) is 3.37. The summed E-state index contributed by atoms with van der Waals surface area (Å²) < 4.78 is 0. The van der Waals surface area contributed by atoms with Crippen molar-refractivity contribution in [3.63, 3.8) is 0 Å². The molecule has 0 amide bonds. The van der Waals surface area contributed by atoms with Crippen LogP contribution in [0.4, 0.5) is 0 Å². The van der Waals surface area contributed by atoms with Gasteiger partial charge in [-0.1, -0.05) is 54.6 Å². The number of phenolic OH excluding ortho intramolecular Hbond substituents is 3. The molecule has 6 nitrogen and oxygen atoms in total. The van der Waals surface area contributed by atoms with Crippen LogP contribution in [0.5, 0.6) is 17.2 Å². The van der Waals surface area contributed by atoms with E-state index < -0.39 is 8.60 Å². The lowest BCUT2D eigenvalue weighted by molar-refractivity contribution is 0.368. The molecule has 0 spiro atoms. The summed E-state index contributed by atoms with van der Waals surface area (Å²) in [6, 6.07) is 26.1. The quantitative estimate of drug-likeness (QED) is 0.340. The van der Waals surface area contributed by atoms with Crippen molar-refractivity contribution in [2.45, 2.75) is 0 Å². The lowest BCUT2D eigenvalue weighted by atomic mass is 10.3. The lowest BCUT2D eigenvalue weighted by Gasteiger charge is -1.82. The van der Waals surface area contributed by atoms with E-state index >= 15 is 0 Å². The average Bonchev–Trinajstić information content (AvgIpc) is 2.58. The Morgan fingerprint density at radius 2 is 0.560 bits per heavy atom. The van der Waals surface area contributed by atoms with Crippen molar-refractivity contribution >= 4 is 8.60 Å². The van der Waals surface area contributed by atoms with Gasteiger partial charge in [-0.25, -0.2) is 0 Å². The highest BCUT2D eigenvalue weighted by molar-refractivity contribution is 7.38. The fourth-order valence-electron chi connectivity index (χ4n) is 1.28. The highest BCUT2D eigenvalue weighted by Gasteiger charge is 1.77. The van der Waals surface area contributed by atoms with Crippen LogP contribution in [0.2, 0.25) is 0 Å². The number of phenols is 3. The first-order chi connectivity index (χ1) is 11.9. The van der Waals surface area contributed by atoms with Crippen molar-refractivity contribution in [2.75, 3.05) is 0 Å². The summed E-state index contributed by atoms with van der Waals surface area (Å²) in [5.74, 6) is 0.965. The molecule has 0 radical (unpaired) electrons. The molecule has 3 aromatic carbocycles. The molecule has 0 bridgehead atoms. The van der Waals surface area contributed by atoms with E-state index in [9.17, 15) is 0 Å². The fraction of sp³-hybridized carbons (Fsp3) is 0. The molecule has 3 aromatic rings. The van der Waals surface area contributed by atoms with E-state index in [0.717, 1.165) is 0 Å². The van der Waals surface area contributed by atoms with Crippen molar-refractivity contribution < 1.29 is 30.0 Å². The minimum Gasteiger partial charge on any atom is -0.508 e. The largest absolute Gasteiger partial charge is 0.508 e. The maximum Gasteiger partial charge on any atom is 0.324 e. The van der Waals surface area contributed by atoms with Crippen molar-refractivity contribution in [3.05, 3.63) is 91.0 Å². The minimum atomic E-state index is -2.62. The van der Waals surface area contributed by atoms with Gasteiger partial charge in [0.15, 0.2) is 0 Å². The van der Waals surface area contributed by atoms with Crippen LogP contribution >= 0.6 is 8.60 Å². The van der Waals surface area contributed by atoms with Crippen LogP contribution < -0.4 is 0 Å². The maximum atomic E-state index is 8.63. The van der Waals surface area contributed by atoms with Crippen molar-refractivity contribution in [1.82, 2.24) is 0 Å². The third kappa shape index (κ3) is 17.6. The number of rotatable bonds is 0. The molecule has 0 saturated carbocycles. The highest BCUT2D eigenvalue weighted by atomic mass is 31.2. The summed E-state index contributed by atoms with van der Waals surface area (Å²) in [5.41, 5.74) is 0. The van der Waals surface area contributed by atoms with Crippen LogP contribution in [0, 0.1) is 0 Å². The summed E-state index contributed by atoms with van der Waals surface area (Å²) in [4.78, 5) is 21.7. The highest BCUT2D eigenvalue weighted by Crippen LogP contribution is 2.11. The van der Waals surface area contributed by atoms with Gasteiger partial charge in [-0.3, -0.25) is 0 Å². The minimum absolute atomic E-state index is 0.322. The number of hydrogen-bond donors (Lipinski definition) is 6. The van der Waals surface area contributed by atoms with Crippen LogP contribution in [0.25, 0.3) is 0 Å². The van der Waals surface area contributed by atoms with Gasteiger partial charge in [0, 0.05) is 0 Å². The first kappa shape index (κ1) is 22.4. The summed E-state index contributed by atoms with van der Waals surface area (Å²) in [6.07, 6.45) is 0. The molecule has 0 aliphatic carbocycles. The van der Waals surface area contributed by atoms with Gasteiger partial charge >= 0.3 is 8.60 Å². The molecular formula is C18H21O6P. The third-order valence-corrected chi connectivity index (χ3v) is 2.27. The van der Waals surface area contributed by atoms with E-state index in [2.05, 4.69) is 0 Å². The zero-order valence-corrected chi connectivity index (χ0v) is 14.2. The molecular weight excluding hydrogens is 343 g/mol. The Morgan fingerprint density at radius 1 is 0.400 bits per heavy atom. The van der Waals surface area contributed by atoms with Gasteiger partial charge in [0.05, 0.1) is 0 Å². The van der Waals surface area contributed by atoms with Crippen LogP contribution in [-0.4, -0.2) is 30.0 Å². The second kappa shape index (κ2) is 14.9. The Balaban J connectivity index is 0.000000314. The molecule has 0 unspecified atom stereocenters. The van der Waals surface area contributed by atoms with Crippen LogP contribution in [-0.2, 0) is 0 Å². The molecule has 0 aliphatic rings. The molecule has 0 aliphatic heterocycles. The molecule has 6 N–H and O–H groups in total. The van der Waals surface area contributed by atoms with Gasteiger partial charge in [0.25, 0.3) is 0 Å². The van der Waals surface area contributed by atoms with Gasteiger partial charge < -0.3 is 30.0 Å². The van der Waals surface area contributed by atoms with Gasteiger partial charge in [-0.05, 0) is 36.4 Å².